The Morgan fingerprint density at radius 2 is 2.24 bits per heavy atom. The molecular weight excluding hydrogens is 284 g/mol. The molecule has 94 valence electrons. The van der Waals surface area contributed by atoms with Gasteiger partial charge in [-0.15, -0.1) is 0 Å². The van der Waals surface area contributed by atoms with Crippen LogP contribution in [0.1, 0.15) is 60.2 Å². The van der Waals surface area contributed by atoms with Gasteiger partial charge in [-0.1, -0.05) is 28.8 Å². The molecule has 0 atom stereocenters. The SMILES string of the molecule is CCOC(=O)c1c(C2CCCC2)coc1CBr. The van der Waals surface area contributed by atoms with E-state index in [0.717, 1.165) is 18.4 Å². The average molecular weight is 301 g/mol. The summed E-state index contributed by atoms with van der Waals surface area (Å²) in [6.45, 7) is 2.22. The highest BCUT2D eigenvalue weighted by molar-refractivity contribution is 9.08. The number of alkyl halides is 1. The Bertz CT molecular complexity index is 391. The summed E-state index contributed by atoms with van der Waals surface area (Å²) in [4.78, 5) is 12.0. The lowest BCUT2D eigenvalue weighted by Gasteiger charge is -2.09. The first-order chi connectivity index (χ1) is 8.27. The fraction of sp³-hybridized carbons (Fsp3) is 0.615. The minimum atomic E-state index is -0.252. The maximum Gasteiger partial charge on any atom is 0.342 e. The number of carbonyl (C=O) groups excluding carboxylic acids is 1. The van der Waals surface area contributed by atoms with Crippen molar-refractivity contribution in [2.75, 3.05) is 6.61 Å². The highest BCUT2D eigenvalue weighted by atomic mass is 79.9. The van der Waals surface area contributed by atoms with E-state index in [1.165, 1.54) is 12.8 Å². The summed E-state index contributed by atoms with van der Waals surface area (Å²) >= 11 is 3.35. The summed E-state index contributed by atoms with van der Waals surface area (Å²) in [5.41, 5.74) is 1.69. The molecule has 0 N–H and O–H groups in total. The van der Waals surface area contributed by atoms with Gasteiger partial charge in [0, 0.05) is 5.56 Å². The van der Waals surface area contributed by atoms with E-state index in [-0.39, 0.29) is 5.97 Å². The molecule has 1 aliphatic rings. The third kappa shape index (κ3) is 2.57. The van der Waals surface area contributed by atoms with E-state index in [1.54, 1.807) is 6.26 Å². The molecule has 1 saturated carbocycles. The Morgan fingerprint density at radius 3 is 2.82 bits per heavy atom. The molecular formula is C13H17BrO3. The molecule has 0 aromatic carbocycles. The second-order valence-corrected chi connectivity index (χ2v) is 4.89. The number of ether oxygens (including phenoxy) is 1. The molecule has 0 radical (unpaired) electrons. The van der Waals surface area contributed by atoms with Gasteiger partial charge >= 0.3 is 5.97 Å². The summed E-state index contributed by atoms with van der Waals surface area (Å²) in [5.74, 6) is 0.897. The number of esters is 1. The van der Waals surface area contributed by atoms with Crippen molar-refractivity contribution in [1.82, 2.24) is 0 Å². The molecule has 4 heteroatoms. The van der Waals surface area contributed by atoms with Crippen LogP contribution >= 0.6 is 15.9 Å². The molecule has 2 rings (SSSR count). The fourth-order valence-corrected chi connectivity index (χ4v) is 2.90. The Balaban J connectivity index is 2.31. The van der Waals surface area contributed by atoms with Gasteiger partial charge in [-0.2, -0.15) is 0 Å². The minimum Gasteiger partial charge on any atom is -0.467 e. The van der Waals surface area contributed by atoms with Crippen LogP contribution in [-0.4, -0.2) is 12.6 Å². The topological polar surface area (TPSA) is 39.4 Å². The van der Waals surface area contributed by atoms with Gasteiger partial charge in [0.2, 0.25) is 0 Å². The second kappa shape index (κ2) is 5.71. The van der Waals surface area contributed by atoms with Crippen molar-refractivity contribution in [3.8, 4) is 0 Å². The quantitative estimate of drug-likeness (QED) is 0.623. The lowest BCUT2D eigenvalue weighted by Crippen LogP contribution is -2.09. The van der Waals surface area contributed by atoms with Crippen molar-refractivity contribution in [2.24, 2.45) is 0 Å². The van der Waals surface area contributed by atoms with Crippen molar-refractivity contribution < 1.29 is 13.9 Å². The highest BCUT2D eigenvalue weighted by Crippen LogP contribution is 2.38. The molecule has 0 amide bonds. The molecule has 1 aliphatic carbocycles. The maximum atomic E-state index is 12.0. The molecule has 1 aromatic heterocycles. The number of hydrogen-bond donors (Lipinski definition) is 0. The minimum absolute atomic E-state index is 0.252. The van der Waals surface area contributed by atoms with E-state index in [2.05, 4.69) is 15.9 Å². The Labute approximate surface area is 110 Å². The number of halogens is 1. The van der Waals surface area contributed by atoms with E-state index in [9.17, 15) is 4.79 Å². The van der Waals surface area contributed by atoms with Crippen LogP contribution in [-0.2, 0) is 10.1 Å². The third-order valence-electron chi connectivity index (χ3n) is 3.29. The van der Waals surface area contributed by atoms with Crippen LogP contribution in [0.3, 0.4) is 0 Å². The van der Waals surface area contributed by atoms with Gasteiger partial charge in [0.05, 0.1) is 18.2 Å². The monoisotopic (exact) mass is 300 g/mol. The summed E-state index contributed by atoms with van der Waals surface area (Å²) in [5, 5.41) is 0.549. The summed E-state index contributed by atoms with van der Waals surface area (Å²) < 4.78 is 10.6. The van der Waals surface area contributed by atoms with Crippen molar-refractivity contribution in [3.63, 3.8) is 0 Å². The van der Waals surface area contributed by atoms with Crippen LogP contribution in [0, 0.1) is 0 Å². The van der Waals surface area contributed by atoms with Crippen LogP contribution in [0.2, 0.25) is 0 Å². The number of carbonyl (C=O) groups is 1. The van der Waals surface area contributed by atoms with Gasteiger partial charge in [-0.05, 0) is 25.7 Å². The molecule has 0 spiro atoms. The van der Waals surface area contributed by atoms with Gasteiger partial charge in [-0.3, -0.25) is 0 Å². The predicted octanol–water partition coefficient (Wildman–Crippen LogP) is 4.01. The molecule has 0 saturated heterocycles. The zero-order chi connectivity index (χ0) is 12.3. The van der Waals surface area contributed by atoms with Crippen molar-refractivity contribution in [2.45, 2.75) is 43.9 Å². The van der Waals surface area contributed by atoms with Gasteiger partial charge in [0.25, 0.3) is 0 Å². The molecule has 0 unspecified atom stereocenters. The van der Waals surface area contributed by atoms with Crippen LogP contribution < -0.4 is 0 Å². The Kier molecular flexibility index (Phi) is 4.26. The predicted molar refractivity (Wildman–Crippen MR) is 68.5 cm³/mol. The van der Waals surface area contributed by atoms with E-state index >= 15 is 0 Å². The molecule has 1 heterocycles. The molecule has 0 bridgehead atoms. The van der Waals surface area contributed by atoms with Crippen molar-refractivity contribution >= 4 is 21.9 Å². The lowest BCUT2D eigenvalue weighted by molar-refractivity contribution is 0.0522. The standard InChI is InChI=1S/C13H17BrO3/c1-2-16-13(15)12-10(8-17-11(12)7-14)9-5-3-4-6-9/h8-9H,2-7H2,1H3. The highest BCUT2D eigenvalue weighted by Gasteiger charge is 2.28. The first kappa shape index (κ1) is 12.7. The number of hydrogen-bond acceptors (Lipinski definition) is 3. The van der Waals surface area contributed by atoms with Gasteiger partial charge in [-0.25, -0.2) is 4.79 Å². The van der Waals surface area contributed by atoms with Crippen LogP contribution in [0.4, 0.5) is 0 Å². The van der Waals surface area contributed by atoms with Gasteiger partial charge in [0.1, 0.15) is 11.3 Å². The zero-order valence-corrected chi connectivity index (χ0v) is 11.6. The third-order valence-corrected chi connectivity index (χ3v) is 3.80. The van der Waals surface area contributed by atoms with Crippen molar-refractivity contribution in [3.05, 3.63) is 23.2 Å². The zero-order valence-electron chi connectivity index (χ0n) is 10.0. The van der Waals surface area contributed by atoms with E-state index < -0.39 is 0 Å². The summed E-state index contributed by atoms with van der Waals surface area (Å²) in [6.07, 6.45) is 6.50. The second-order valence-electron chi connectivity index (χ2n) is 4.32. The van der Waals surface area contributed by atoms with E-state index in [0.29, 0.717) is 29.2 Å². The normalized spacial score (nSPS) is 16.4. The Morgan fingerprint density at radius 1 is 1.53 bits per heavy atom. The molecule has 1 fully saturated rings. The lowest BCUT2D eigenvalue weighted by atomic mass is 9.96. The largest absolute Gasteiger partial charge is 0.467 e. The van der Waals surface area contributed by atoms with Crippen molar-refractivity contribution in [1.29, 1.82) is 0 Å². The summed E-state index contributed by atoms with van der Waals surface area (Å²) in [6, 6.07) is 0. The Hall–Kier alpha value is -0.770. The number of rotatable bonds is 4. The van der Waals surface area contributed by atoms with E-state index in [1.807, 2.05) is 6.92 Å². The smallest absolute Gasteiger partial charge is 0.342 e. The fourth-order valence-electron chi connectivity index (χ4n) is 2.48. The molecule has 17 heavy (non-hydrogen) atoms. The summed E-state index contributed by atoms with van der Waals surface area (Å²) in [7, 11) is 0. The molecule has 1 aromatic rings. The van der Waals surface area contributed by atoms with Gasteiger partial charge in [0.15, 0.2) is 0 Å². The van der Waals surface area contributed by atoms with Crippen LogP contribution in [0.25, 0.3) is 0 Å². The van der Waals surface area contributed by atoms with Crippen LogP contribution in [0.15, 0.2) is 10.7 Å². The van der Waals surface area contributed by atoms with Crippen LogP contribution in [0.5, 0.6) is 0 Å². The molecule has 3 nitrogen and oxygen atoms in total. The first-order valence-corrected chi connectivity index (χ1v) is 7.23. The van der Waals surface area contributed by atoms with E-state index in [4.69, 9.17) is 9.15 Å². The maximum absolute atomic E-state index is 12.0. The first-order valence-electron chi connectivity index (χ1n) is 6.11. The molecule has 0 aliphatic heterocycles. The van der Waals surface area contributed by atoms with Gasteiger partial charge < -0.3 is 9.15 Å². The number of furan rings is 1. The average Bonchev–Trinajstić information content (AvgIpc) is 2.97.